The highest BCUT2D eigenvalue weighted by Crippen LogP contribution is 2.25. The van der Waals surface area contributed by atoms with Crippen molar-refractivity contribution >= 4 is 17.5 Å². The average molecular weight is 359 g/mol. The number of carbonyl (C=O) groups is 2. The first-order valence-corrected chi connectivity index (χ1v) is 9.57. The number of primary amides is 1. The molecule has 1 saturated heterocycles. The number of benzene rings is 1. The van der Waals surface area contributed by atoms with E-state index in [9.17, 15) is 9.59 Å². The molecule has 3 rings (SSSR count). The minimum atomic E-state index is -0.417. The smallest absolute Gasteiger partial charge is 0.248 e. The molecule has 0 atom stereocenters. The molecule has 0 bridgehead atoms. The molecule has 1 saturated carbocycles. The lowest BCUT2D eigenvalue weighted by molar-refractivity contribution is -0.139. The molecule has 0 unspecified atom stereocenters. The van der Waals surface area contributed by atoms with Gasteiger partial charge in [0.15, 0.2) is 0 Å². The van der Waals surface area contributed by atoms with Gasteiger partial charge in [-0.25, -0.2) is 0 Å². The number of carbonyl (C=O) groups excluding carboxylic acids is 2. The summed E-state index contributed by atoms with van der Waals surface area (Å²) < 4.78 is 5.84. The number of hydrogen-bond acceptors (Lipinski definition) is 4. The summed E-state index contributed by atoms with van der Waals surface area (Å²) in [5.74, 6) is 0.461. The van der Waals surface area contributed by atoms with Gasteiger partial charge in [-0.1, -0.05) is 6.92 Å². The van der Waals surface area contributed by atoms with Crippen LogP contribution in [0.4, 0.5) is 5.69 Å². The van der Waals surface area contributed by atoms with Gasteiger partial charge in [0.25, 0.3) is 0 Å². The van der Waals surface area contributed by atoms with Crippen LogP contribution in [0.2, 0.25) is 0 Å². The highest BCUT2D eigenvalue weighted by atomic mass is 16.5. The summed E-state index contributed by atoms with van der Waals surface area (Å²) in [4.78, 5) is 27.7. The van der Waals surface area contributed by atoms with Gasteiger partial charge >= 0.3 is 0 Å². The van der Waals surface area contributed by atoms with Crippen molar-refractivity contribution in [2.45, 2.75) is 38.7 Å². The zero-order valence-electron chi connectivity index (χ0n) is 15.5. The monoisotopic (exact) mass is 359 g/mol. The molecule has 1 aliphatic heterocycles. The van der Waals surface area contributed by atoms with Gasteiger partial charge in [0.2, 0.25) is 11.8 Å². The highest BCUT2D eigenvalue weighted by molar-refractivity contribution is 5.93. The Morgan fingerprint density at radius 3 is 2.23 bits per heavy atom. The molecule has 1 aliphatic carbocycles. The van der Waals surface area contributed by atoms with E-state index in [-0.39, 0.29) is 18.6 Å². The standard InChI is InChI=1S/C20H29N3O3/c1-15-2-8-18(9-3-15)26-14-19(24)23-12-10-22(11-13-23)17-6-4-16(5-7-17)20(21)25/h4-7,15,18H,2-3,8-14H2,1H3,(H2,21,25). The van der Waals surface area contributed by atoms with Gasteiger partial charge in [-0.05, 0) is 55.9 Å². The lowest BCUT2D eigenvalue weighted by atomic mass is 9.89. The summed E-state index contributed by atoms with van der Waals surface area (Å²) >= 11 is 0. The Balaban J connectivity index is 1.42. The van der Waals surface area contributed by atoms with Gasteiger partial charge in [0.05, 0.1) is 6.10 Å². The zero-order valence-corrected chi connectivity index (χ0v) is 15.5. The molecular weight excluding hydrogens is 330 g/mol. The maximum Gasteiger partial charge on any atom is 0.248 e. The molecule has 0 radical (unpaired) electrons. The summed E-state index contributed by atoms with van der Waals surface area (Å²) in [6.07, 6.45) is 4.80. The number of amides is 2. The number of nitrogens with zero attached hydrogens (tertiary/aromatic N) is 2. The van der Waals surface area contributed by atoms with Crippen molar-refractivity contribution in [3.8, 4) is 0 Å². The normalized spacial score (nSPS) is 23.7. The Bertz CT molecular complexity index is 616. The maximum absolute atomic E-state index is 12.4. The summed E-state index contributed by atoms with van der Waals surface area (Å²) in [5.41, 5.74) is 6.84. The Kier molecular flexibility index (Phi) is 6.14. The van der Waals surface area contributed by atoms with Gasteiger partial charge in [0.1, 0.15) is 6.61 Å². The molecule has 0 spiro atoms. The molecular formula is C20H29N3O3. The molecule has 1 heterocycles. The van der Waals surface area contributed by atoms with Crippen LogP contribution in [0.25, 0.3) is 0 Å². The van der Waals surface area contributed by atoms with Crippen molar-refractivity contribution in [3.63, 3.8) is 0 Å². The molecule has 142 valence electrons. The first-order chi connectivity index (χ1) is 12.5. The zero-order chi connectivity index (χ0) is 18.5. The van der Waals surface area contributed by atoms with E-state index in [1.54, 1.807) is 12.1 Å². The number of nitrogens with two attached hydrogens (primary N) is 1. The van der Waals surface area contributed by atoms with Crippen LogP contribution < -0.4 is 10.6 Å². The Morgan fingerprint density at radius 2 is 1.65 bits per heavy atom. The van der Waals surface area contributed by atoms with Crippen LogP contribution in [-0.4, -0.2) is 55.6 Å². The van der Waals surface area contributed by atoms with Crippen LogP contribution in [0.5, 0.6) is 0 Å². The minimum Gasteiger partial charge on any atom is -0.368 e. The number of rotatable bonds is 5. The molecule has 6 nitrogen and oxygen atoms in total. The maximum atomic E-state index is 12.4. The first kappa shape index (κ1) is 18.7. The summed E-state index contributed by atoms with van der Waals surface area (Å²) in [6, 6.07) is 7.30. The second-order valence-corrected chi connectivity index (χ2v) is 7.47. The van der Waals surface area contributed by atoms with Gasteiger partial charge < -0.3 is 20.3 Å². The fourth-order valence-electron chi connectivity index (χ4n) is 3.73. The minimum absolute atomic E-state index is 0.0901. The molecule has 2 fully saturated rings. The fourth-order valence-corrected chi connectivity index (χ4v) is 3.73. The summed E-state index contributed by atoms with van der Waals surface area (Å²) in [6.45, 7) is 5.43. The van der Waals surface area contributed by atoms with E-state index in [1.165, 1.54) is 12.8 Å². The largest absolute Gasteiger partial charge is 0.368 e. The van der Waals surface area contributed by atoms with Gasteiger partial charge in [-0.2, -0.15) is 0 Å². The molecule has 2 N–H and O–H groups in total. The quantitative estimate of drug-likeness (QED) is 0.873. The molecule has 26 heavy (non-hydrogen) atoms. The fraction of sp³-hybridized carbons (Fsp3) is 0.600. The molecule has 2 amide bonds. The lowest BCUT2D eigenvalue weighted by Crippen LogP contribution is -2.50. The topological polar surface area (TPSA) is 75.9 Å². The van der Waals surface area contributed by atoms with Crippen LogP contribution in [0.15, 0.2) is 24.3 Å². The van der Waals surface area contributed by atoms with Crippen molar-refractivity contribution in [1.82, 2.24) is 4.90 Å². The number of hydrogen-bond donors (Lipinski definition) is 1. The van der Waals surface area contributed by atoms with Gasteiger partial charge in [-0.3, -0.25) is 9.59 Å². The first-order valence-electron chi connectivity index (χ1n) is 9.57. The van der Waals surface area contributed by atoms with Crippen LogP contribution in [0.1, 0.15) is 43.0 Å². The third-order valence-corrected chi connectivity index (χ3v) is 5.55. The van der Waals surface area contributed by atoms with E-state index in [0.717, 1.165) is 37.5 Å². The van der Waals surface area contributed by atoms with Crippen molar-refractivity contribution in [2.24, 2.45) is 11.7 Å². The molecule has 0 aromatic heterocycles. The van der Waals surface area contributed by atoms with Crippen molar-refractivity contribution < 1.29 is 14.3 Å². The number of anilines is 1. The van der Waals surface area contributed by atoms with Gasteiger partial charge in [-0.15, -0.1) is 0 Å². The van der Waals surface area contributed by atoms with Crippen molar-refractivity contribution in [3.05, 3.63) is 29.8 Å². The van der Waals surface area contributed by atoms with Crippen molar-refractivity contribution in [2.75, 3.05) is 37.7 Å². The van der Waals surface area contributed by atoms with E-state index in [4.69, 9.17) is 10.5 Å². The third-order valence-electron chi connectivity index (χ3n) is 5.55. The Hall–Kier alpha value is -2.08. The van der Waals surface area contributed by atoms with Crippen LogP contribution in [0, 0.1) is 5.92 Å². The van der Waals surface area contributed by atoms with Crippen LogP contribution in [0.3, 0.4) is 0 Å². The molecule has 6 heteroatoms. The molecule has 2 aliphatic rings. The number of piperazine rings is 1. The van der Waals surface area contributed by atoms with Crippen molar-refractivity contribution in [1.29, 1.82) is 0 Å². The second kappa shape index (κ2) is 8.54. The van der Waals surface area contributed by atoms with Crippen LogP contribution >= 0.6 is 0 Å². The third kappa shape index (κ3) is 4.75. The summed E-state index contributed by atoms with van der Waals surface area (Å²) in [7, 11) is 0. The predicted octanol–water partition coefficient (Wildman–Crippen LogP) is 2.03. The second-order valence-electron chi connectivity index (χ2n) is 7.47. The molecule has 1 aromatic carbocycles. The Morgan fingerprint density at radius 1 is 1.04 bits per heavy atom. The lowest BCUT2D eigenvalue weighted by Gasteiger charge is -2.36. The SMILES string of the molecule is CC1CCC(OCC(=O)N2CCN(c3ccc(C(N)=O)cc3)CC2)CC1. The summed E-state index contributed by atoms with van der Waals surface area (Å²) in [5, 5.41) is 0. The van der Waals surface area contributed by atoms with Crippen LogP contribution in [-0.2, 0) is 9.53 Å². The van der Waals surface area contributed by atoms with E-state index in [2.05, 4.69) is 11.8 Å². The van der Waals surface area contributed by atoms with E-state index < -0.39 is 5.91 Å². The Labute approximate surface area is 155 Å². The molecule has 1 aromatic rings. The predicted molar refractivity (Wildman–Crippen MR) is 101 cm³/mol. The average Bonchev–Trinajstić information content (AvgIpc) is 2.67. The van der Waals surface area contributed by atoms with E-state index >= 15 is 0 Å². The number of ether oxygens (including phenoxy) is 1. The van der Waals surface area contributed by atoms with E-state index in [1.807, 2.05) is 17.0 Å². The van der Waals surface area contributed by atoms with E-state index in [0.29, 0.717) is 18.7 Å². The van der Waals surface area contributed by atoms with Gasteiger partial charge in [0, 0.05) is 37.4 Å². The highest BCUT2D eigenvalue weighted by Gasteiger charge is 2.24.